The zero-order valence-electron chi connectivity index (χ0n) is 12.8. The van der Waals surface area contributed by atoms with Crippen LogP contribution in [0.4, 0.5) is 5.69 Å². The Hall–Kier alpha value is -3.28. The van der Waals surface area contributed by atoms with Crippen LogP contribution in [0.2, 0.25) is 0 Å². The summed E-state index contributed by atoms with van der Waals surface area (Å²) >= 11 is 0. The van der Waals surface area contributed by atoms with Crippen LogP contribution < -0.4 is 14.8 Å². The molecule has 0 aliphatic heterocycles. The van der Waals surface area contributed by atoms with Gasteiger partial charge in [-0.3, -0.25) is 4.79 Å². The van der Waals surface area contributed by atoms with Crippen LogP contribution in [0.25, 0.3) is 0 Å². The molecule has 2 aromatic carbocycles. The van der Waals surface area contributed by atoms with Gasteiger partial charge in [-0.15, -0.1) is 0 Å². The van der Waals surface area contributed by atoms with Gasteiger partial charge in [0.25, 0.3) is 0 Å². The van der Waals surface area contributed by atoms with E-state index < -0.39 is 11.9 Å². The van der Waals surface area contributed by atoms with Crippen LogP contribution in [0.5, 0.6) is 11.5 Å². The highest BCUT2D eigenvalue weighted by Gasteiger charge is 2.00. The fourth-order valence-corrected chi connectivity index (χ4v) is 1.80. The van der Waals surface area contributed by atoms with E-state index in [1.807, 2.05) is 30.3 Å². The molecule has 2 N–H and O–H groups in total. The van der Waals surface area contributed by atoms with Crippen LogP contribution in [-0.2, 0) is 9.59 Å². The molecule has 0 saturated carbocycles. The average molecular weight is 327 g/mol. The number of carboxylic acids is 1. The molecular weight excluding hydrogens is 310 g/mol. The first-order valence-electron chi connectivity index (χ1n) is 7.26. The second-order valence-electron chi connectivity index (χ2n) is 4.70. The second-order valence-corrected chi connectivity index (χ2v) is 4.70. The number of carbonyl (C=O) groups is 2. The van der Waals surface area contributed by atoms with Crippen LogP contribution in [0.15, 0.2) is 66.7 Å². The monoisotopic (exact) mass is 327 g/mol. The first kappa shape index (κ1) is 17.1. The summed E-state index contributed by atoms with van der Waals surface area (Å²) in [6, 6.07) is 16.2. The molecule has 6 nitrogen and oxygen atoms in total. The van der Waals surface area contributed by atoms with Crippen LogP contribution in [-0.4, -0.2) is 30.2 Å². The molecule has 6 heteroatoms. The van der Waals surface area contributed by atoms with Crippen molar-refractivity contribution in [3.63, 3.8) is 0 Å². The number of anilines is 1. The first-order chi connectivity index (χ1) is 11.6. The molecule has 1 amide bonds. The molecule has 0 radical (unpaired) electrons. The predicted octanol–water partition coefficient (Wildman–Crippen LogP) is 2.72. The molecule has 0 heterocycles. The van der Waals surface area contributed by atoms with E-state index in [9.17, 15) is 9.59 Å². The molecule has 124 valence electrons. The maximum Gasteiger partial charge on any atom is 0.328 e. The Kier molecular flexibility index (Phi) is 6.40. The minimum atomic E-state index is -1.17. The Labute approximate surface area is 139 Å². The fraction of sp³-hybridized carbons (Fsp3) is 0.111. The van der Waals surface area contributed by atoms with Gasteiger partial charge in [-0.1, -0.05) is 18.2 Å². The predicted molar refractivity (Wildman–Crippen MR) is 89.3 cm³/mol. The molecule has 0 aliphatic carbocycles. The lowest BCUT2D eigenvalue weighted by atomic mass is 10.3. The van der Waals surface area contributed by atoms with Crippen molar-refractivity contribution in [3.05, 3.63) is 66.7 Å². The van der Waals surface area contributed by atoms with Gasteiger partial charge in [-0.25, -0.2) is 4.79 Å². The summed E-state index contributed by atoms with van der Waals surface area (Å²) in [7, 11) is 0. The van der Waals surface area contributed by atoms with Gasteiger partial charge in [-0.05, 0) is 36.4 Å². The number of hydrogen-bond acceptors (Lipinski definition) is 4. The molecule has 0 unspecified atom stereocenters. The number of para-hydroxylation sites is 1. The van der Waals surface area contributed by atoms with Gasteiger partial charge in [0.05, 0.1) is 0 Å². The molecule has 0 bridgehead atoms. The lowest BCUT2D eigenvalue weighted by Gasteiger charge is -2.09. The van der Waals surface area contributed by atoms with Crippen molar-refractivity contribution in [1.29, 1.82) is 0 Å². The minimum absolute atomic E-state index is 0.391. The number of amides is 1. The lowest BCUT2D eigenvalue weighted by Crippen LogP contribution is -2.10. The quantitative estimate of drug-likeness (QED) is 0.575. The molecular formula is C18H17NO5. The number of carbonyl (C=O) groups excluding carboxylic acids is 1. The van der Waals surface area contributed by atoms with E-state index in [1.165, 1.54) is 0 Å². The van der Waals surface area contributed by atoms with Gasteiger partial charge < -0.3 is 19.9 Å². The normalized spacial score (nSPS) is 10.3. The summed E-state index contributed by atoms with van der Waals surface area (Å²) in [6.45, 7) is 0.810. The highest BCUT2D eigenvalue weighted by molar-refractivity contribution is 6.02. The molecule has 0 aliphatic rings. The van der Waals surface area contributed by atoms with Crippen molar-refractivity contribution >= 4 is 17.6 Å². The van der Waals surface area contributed by atoms with Crippen molar-refractivity contribution < 1.29 is 24.2 Å². The van der Waals surface area contributed by atoms with E-state index >= 15 is 0 Å². The Balaban J connectivity index is 1.73. The number of ether oxygens (including phenoxy) is 2. The van der Waals surface area contributed by atoms with Gasteiger partial charge in [0.15, 0.2) is 0 Å². The van der Waals surface area contributed by atoms with Gasteiger partial charge in [0.2, 0.25) is 5.91 Å². The van der Waals surface area contributed by atoms with Crippen molar-refractivity contribution in [2.45, 2.75) is 0 Å². The van der Waals surface area contributed by atoms with Crippen molar-refractivity contribution in [3.8, 4) is 11.5 Å². The van der Waals surface area contributed by atoms with E-state index in [4.69, 9.17) is 14.6 Å². The second kappa shape index (κ2) is 8.99. The summed E-state index contributed by atoms with van der Waals surface area (Å²) < 4.78 is 11.0. The molecule has 24 heavy (non-hydrogen) atoms. The number of rotatable bonds is 8. The molecule has 2 rings (SSSR count). The Morgan fingerprint density at radius 3 is 2.04 bits per heavy atom. The summed E-state index contributed by atoms with van der Waals surface area (Å²) in [5.41, 5.74) is 0.544. The topological polar surface area (TPSA) is 84.9 Å². The van der Waals surface area contributed by atoms with Gasteiger partial charge in [0, 0.05) is 17.8 Å². The SMILES string of the molecule is O=C(O)/C=C/C(=O)Nc1ccc(OCCOc2ccccc2)cc1. The third-order valence-corrected chi connectivity index (χ3v) is 2.86. The van der Waals surface area contributed by atoms with E-state index in [2.05, 4.69) is 5.32 Å². The highest BCUT2D eigenvalue weighted by Crippen LogP contribution is 2.16. The molecule has 0 fully saturated rings. The van der Waals surface area contributed by atoms with E-state index in [0.717, 1.165) is 17.9 Å². The maximum atomic E-state index is 11.4. The molecule has 0 atom stereocenters. The number of nitrogens with one attached hydrogen (secondary N) is 1. The van der Waals surface area contributed by atoms with Crippen LogP contribution in [0.1, 0.15) is 0 Å². The first-order valence-corrected chi connectivity index (χ1v) is 7.26. The Morgan fingerprint density at radius 1 is 0.875 bits per heavy atom. The zero-order chi connectivity index (χ0) is 17.2. The molecule has 2 aromatic rings. The van der Waals surface area contributed by atoms with Crippen LogP contribution in [0, 0.1) is 0 Å². The van der Waals surface area contributed by atoms with Crippen LogP contribution >= 0.6 is 0 Å². The number of carboxylic acid groups (broad SMARTS) is 1. The number of aliphatic carboxylic acids is 1. The fourth-order valence-electron chi connectivity index (χ4n) is 1.80. The Bertz CT molecular complexity index is 695. The number of benzene rings is 2. The maximum absolute atomic E-state index is 11.4. The lowest BCUT2D eigenvalue weighted by molar-refractivity contribution is -0.131. The summed E-state index contributed by atoms with van der Waals surface area (Å²) in [5.74, 6) is -0.256. The molecule has 0 saturated heterocycles. The summed E-state index contributed by atoms with van der Waals surface area (Å²) in [6.07, 6.45) is 1.73. The Morgan fingerprint density at radius 2 is 1.46 bits per heavy atom. The third kappa shape index (κ3) is 6.23. The summed E-state index contributed by atoms with van der Waals surface area (Å²) in [5, 5.41) is 11.0. The van der Waals surface area contributed by atoms with Crippen molar-refractivity contribution in [2.75, 3.05) is 18.5 Å². The largest absolute Gasteiger partial charge is 0.490 e. The smallest absolute Gasteiger partial charge is 0.328 e. The molecule has 0 spiro atoms. The average Bonchev–Trinajstić information content (AvgIpc) is 2.59. The standard InChI is InChI=1S/C18H17NO5/c20-17(10-11-18(21)22)19-14-6-8-16(9-7-14)24-13-12-23-15-4-2-1-3-5-15/h1-11H,12-13H2,(H,19,20)(H,21,22)/b11-10+. The van der Waals surface area contributed by atoms with E-state index in [-0.39, 0.29) is 0 Å². The van der Waals surface area contributed by atoms with Crippen molar-refractivity contribution in [2.24, 2.45) is 0 Å². The zero-order valence-corrected chi connectivity index (χ0v) is 12.8. The number of hydrogen-bond donors (Lipinski definition) is 2. The van der Waals surface area contributed by atoms with Gasteiger partial charge in [-0.2, -0.15) is 0 Å². The third-order valence-electron chi connectivity index (χ3n) is 2.86. The van der Waals surface area contributed by atoms with E-state index in [0.29, 0.717) is 24.7 Å². The minimum Gasteiger partial charge on any atom is -0.490 e. The molecule has 0 aromatic heterocycles. The highest BCUT2D eigenvalue weighted by atomic mass is 16.5. The van der Waals surface area contributed by atoms with Gasteiger partial charge >= 0.3 is 5.97 Å². The van der Waals surface area contributed by atoms with E-state index in [1.54, 1.807) is 24.3 Å². The summed E-state index contributed by atoms with van der Waals surface area (Å²) in [4.78, 5) is 21.8. The van der Waals surface area contributed by atoms with Crippen LogP contribution in [0.3, 0.4) is 0 Å². The van der Waals surface area contributed by atoms with Crippen molar-refractivity contribution in [1.82, 2.24) is 0 Å². The van der Waals surface area contributed by atoms with Gasteiger partial charge in [0.1, 0.15) is 24.7 Å².